The Labute approximate surface area is 406 Å². The van der Waals surface area contributed by atoms with Gasteiger partial charge in [-0.3, -0.25) is 14.4 Å². The Hall–Kier alpha value is -1.59. The van der Waals surface area contributed by atoms with Crippen LogP contribution in [-0.4, -0.2) is 37.2 Å². The van der Waals surface area contributed by atoms with Crippen molar-refractivity contribution in [3.63, 3.8) is 0 Å². The summed E-state index contributed by atoms with van der Waals surface area (Å²) in [6, 6.07) is 0. The summed E-state index contributed by atoms with van der Waals surface area (Å²) >= 11 is 0. The quantitative estimate of drug-likeness (QED) is 0.0344. The first-order valence-corrected chi connectivity index (χ1v) is 29.5. The van der Waals surface area contributed by atoms with Gasteiger partial charge in [0.05, 0.1) is 0 Å². The van der Waals surface area contributed by atoms with Gasteiger partial charge in [-0.2, -0.15) is 0 Å². The van der Waals surface area contributed by atoms with Gasteiger partial charge in [0.25, 0.3) is 0 Å². The summed E-state index contributed by atoms with van der Waals surface area (Å²) in [4.78, 5) is 37.9. The van der Waals surface area contributed by atoms with Crippen molar-refractivity contribution in [2.24, 2.45) is 0 Å². The third-order valence-electron chi connectivity index (χ3n) is 13.6. The number of carbonyl (C=O) groups excluding carboxylic acids is 3. The molecular weight excluding hydrogens is 805 g/mol. The van der Waals surface area contributed by atoms with E-state index in [1.165, 1.54) is 244 Å². The van der Waals surface area contributed by atoms with Gasteiger partial charge >= 0.3 is 17.9 Å². The highest BCUT2D eigenvalue weighted by molar-refractivity contribution is 5.71. The molecule has 0 N–H and O–H groups in total. The molecule has 0 heterocycles. The Morgan fingerprint density at radius 2 is 0.415 bits per heavy atom. The van der Waals surface area contributed by atoms with Gasteiger partial charge in [0, 0.05) is 19.3 Å². The molecule has 0 amide bonds. The average Bonchev–Trinajstić information content (AvgIpc) is 3.30. The van der Waals surface area contributed by atoms with Gasteiger partial charge in [-0.15, -0.1) is 0 Å². The number of hydrogen-bond acceptors (Lipinski definition) is 6. The molecule has 0 aliphatic heterocycles. The van der Waals surface area contributed by atoms with Crippen LogP contribution in [0.3, 0.4) is 0 Å². The molecule has 386 valence electrons. The summed E-state index contributed by atoms with van der Waals surface area (Å²) in [7, 11) is 0. The van der Waals surface area contributed by atoms with Crippen molar-refractivity contribution in [3.05, 3.63) is 0 Å². The molecule has 6 nitrogen and oxygen atoms in total. The molecule has 0 aliphatic carbocycles. The molecule has 0 rings (SSSR count). The predicted molar refractivity (Wildman–Crippen MR) is 280 cm³/mol. The fourth-order valence-corrected chi connectivity index (χ4v) is 9.15. The number of hydrogen-bond donors (Lipinski definition) is 0. The molecule has 1 atom stereocenters. The number of unbranched alkanes of at least 4 members (excludes halogenated alkanes) is 44. The van der Waals surface area contributed by atoms with E-state index >= 15 is 0 Å². The van der Waals surface area contributed by atoms with Gasteiger partial charge < -0.3 is 14.2 Å². The van der Waals surface area contributed by atoms with E-state index in [2.05, 4.69) is 20.8 Å². The van der Waals surface area contributed by atoms with Crippen molar-refractivity contribution in [1.29, 1.82) is 0 Å². The van der Waals surface area contributed by atoms with E-state index in [0.717, 1.165) is 57.8 Å². The standard InChI is InChI=1S/C59H114O6/c1-4-7-10-13-16-18-20-22-24-25-26-27-28-29-30-31-32-33-35-36-38-40-43-46-49-52-58(61)64-55-56(54-63-57(60)51-48-45-42-15-12-9-6-3)65-59(62)53-50-47-44-41-39-37-34-23-21-19-17-14-11-8-5-2/h56H,4-55H2,1-3H3. The lowest BCUT2D eigenvalue weighted by atomic mass is 10.0. The molecule has 0 saturated heterocycles. The van der Waals surface area contributed by atoms with Gasteiger partial charge in [-0.1, -0.05) is 303 Å². The van der Waals surface area contributed by atoms with Crippen molar-refractivity contribution >= 4 is 17.9 Å². The van der Waals surface area contributed by atoms with Crippen LogP contribution >= 0.6 is 0 Å². The first-order valence-electron chi connectivity index (χ1n) is 29.5. The normalized spacial score (nSPS) is 11.9. The fourth-order valence-electron chi connectivity index (χ4n) is 9.15. The first-order chi connectivity index (χ1) is 32.0. The lowest BCUT2D eigenvalue weighted by molar-refractivity contribution is -0.167. The van der Waals surface area contributed by atoms with Crippen LogP contribution in [0, 0.1) is 0 Å². The monoisotopic (exact) mass is 919 g/mol. The molecule has 6 heteroatoms. The molecule has 0 spiro atoms. The Kier molecular flexibility index (Phi) is 53.7. The average molecular weight is 920 g/mol. The first kappa shape index (κ1) is 63.4. The number of esters is 3. The van der Waals surface area contributed by atoms with Gasteiger partial charge in [0.2, 0.25) is 0 Å². The summed E-state index contributed by atoms with van der Waals surface area (Å²) in [5, 5.41) is 0. The second-order valence-electron chi connectivity index (χ2n) is 20.3. The fraction of sp³-hybridized carbons (Fsp3) is 0.949. The van der Waals surface area contributed by atoms with E-state index in [-0.39, 0.29) is 31.1 Å². The van der Waals surface area contributed by atoms with Crippen LogP contribution in [-0.2, 0) is 28.6 Å². The third kappa shape index (κ3) is 53.2. The van der Waals surface area contributed by atoms with Gasteiger partial charge in [-0.25, -0.2) is 0 Å². The Bertz CT molecular complexity index is 967. The van der Waals surface area contributed by atoms with Crippen molar-refractivity contribution in [2.45, 2.75) is 348 Å². The summed E-state index contributed by atoms with van der Waals surface area (Å²) in [6.45, 7) is 6.66. The molecule has 65 heavy (non-hydrogen) atoms. The highest BCUT2D eigenvalue weighted by Gasteiger charge is 2.19. The van der Waals surface area contributed by atoms with Crippen LogP contribution in [0.1, 0.15) is 342 Å². The van der Waals surface area contributed by atoms with Gasteiger partial charge in [0.15, 0.2) is 6.10 Å². The molecular formula is C59H114O6. The SMILES string of the molecule is CCCCCCCCCCCCCCCCCCCCCCCCCCCC(=O)OCC(COC(=O)CCCCCCCCC)OC(=O)CCCCCCCCCCCCCCCCC. The highest BCUT2D eigenvalue weighted by Crippen LogP contribution is 2.18. The molecule has 0 aromatic carbocycles. The predicted octanol–water partition coefficient (Wildman–Crippen LogP) is 19.5. The maximum absolute atomic E-state index is 12.8. The van der Waals surface area contributed by atoms with Crippen LogP contribution in [0.4, 0.5) is 0 Å². The van der Waals surface area contributed by atoms with E-state index in [4.69, 9.17) is 14.2 Å². The topological polar surface area (TPSA) is 78.9 Å². The van der Waals surface area contributed by atoms with Crippen LogP contribution in [0.25, 0.3) is 0 Å². The molecule has 0 fully saturated rings. The zero-order valence-electron chi connectivity index (χ0n) is 44.3. The molecule has 0 aromatic heterocycles. The number of carbonyl (C=O) groups is 3. The summed E-state index contributed by atoms with van der Waals surface area (Å²) in [5.41, 5.74) is 0. The minimum absolute atomic E-state index is 0.0619. The van der Waals surface area contributed by atoms with E-state index in [1.54, 1.807) is 0 Å². The van der Waals surface area contributed by atoms with Crippen LogP contribution in [0.5, 0.6) is 0 Å². The minimum Gasteiger partial charge on any atom is -0.462 e. The second-order valence-corrected chi connectivity index (χ2v) is 20.3. The Balaban J connectivity index is 4.04. The maximum atomic E-state index is 12.8. The molecule has 0 aliphatic rings. The molecule has 1 unspecified atom stereocenters. The Morgan fingerprint density at radius 3 is 0.615 bits per heavy atom. The minimum atomic E-state index is -0.759. The van der Waals surface area contributed by atoms with Crippen molar-refractivity contribution in [1.82, 2.24) is 0 Å². The summed E-state index contributed by atoms with van der Waals surface area (Å²) in [5.74, 6) is -0.843. The van der Waals surface area contributed by atoms with E-state index in [0.29, 0.717) is 19.3 Å². The van der Waals surface area contributed by atoms with Gasteiger partial charge in [0.1, 0.15) is 13.2 Å². The molecule has 0 bridgehead atoms. The van der Waals surface area contributed by atoms with Crippen molar-refractivity contribution in [2.75, 3.05) is 13.2 Å². The van der Waals surface area contributed by atoms with E-state index < -0.39 is 6.10 Å². The number of rotatable bonds is 55. The Morgan fingerprint density at radius 1 is 0.246 bits per heavy atom. The highest BCUT2D eigenvalue weighted by atomic mass is 16.6. The zero-order valence-corrected chi connectivity index (χ0v) is 44.3. The van der Waals surface area contributed by atoms with Crippen LogP contribution < -0.4 is 0 Å². The molecule has 0 saturated carbocycles. The lowest BCUT2D eigenvalue weighted by Crippen LogP contribution is -2.30. The van der Waals surface area contributed by atoms with Gasteiger partial charge in [-0.05, 0) is 19.3 Å². The third-order valence-corrected chi connectivity index (χ3v) is 13.6. The van der Waals surface area contributed by atoms with E-state index in [1.807, 2.05) is 0 Å². The summed E-state index contributed by atoms with van der Waals surface area (Å²) in [6.07, 6.45) is 61.3. The zero-order chi connectivity index (χ0) is 47.2. The van der Waals surface area contributed by atoms with Crippen molar-refractivity contribution in [3.8, 4) is 0 Å². The van der Waals surface area contributed by atoms with Crippen LogP contribution in [0.2, 0.25) is 0 Å². The maximum Gasteiger partial charge on any atom is 0.306 e. The van der Waals surface area contributed by atoms with E-state index in [9.17, 15) is 14.4 Å². The molecule has 0 aromatic rings. The molecule has 0 radical (unpaired) electrons. The summed E-state index contributed by atoms with van der Waals surface area (Å²) < 4.78 is 16.8. The van der Waals surface area contributed by atoms with Crippen molar-refractivity contribution < 1.29 is 28.6 Å². The smallest absolute Gasteiger partial charge is 0.306 e. The number of ether oxygens (including phenoxy) is 3. The lowest BCUT2D eigenvalue weighted by Gasteiger charge is -2.18. The second kappa shape index (κ2) is 55.0. The largest absolute Gasteiger partial charge is 0.462 e. The van der Waals surface area contributed by atoms with Crippen LogP contribution in [0.15, 0.2) is 0 Å².